The van der Waals surface area contributed by atoms with Crippen LogP contribution in [0.2, 0.25) is 0 Å². The predicted octanol–water partition coefficient (Wildman–Crippen LogP) is 1.31. The molecule has 1 fully saturated rings. The van der Waals surface area contributed by atoms with Crippen LogP contribution in [0.25, 0.3) is 0 Å². The summed E-state index contributed by atoms with van der Waals surface area (Å²) in [6, 6.07) is 1.60. The van der Waals surface area contributed by atoms with Gasteiger partial charge in [-0.05, 0) is 31.2 Å². The van der Waals surface area contributed by atoms with Gasteiger partial charge in [-0.2, -0.15) is 0 Å². The second kappa shape index (κ2) is 5.57. The van der Waals surface area contributed by atoms with Crippen LogP contribution in [0, 0.1) is 5.92 Å². The number of aromatic nitrogens is 1. The Kier molecular flexibility index (Phi) is 4.19. The number of H-pyrrole nitrogens is 1. The van der Waals surface area contributed by atoms with Gasteiger partial charge in [-0.25, -0.2) is 13.6 Å². The summed E-state index contributed by atoms with van der Waals surface area (Å²) in [6.07, 6.45) is 4.24. The van der Waals surface area contributed by atoms with Gasteiger partial charge in [0.25, 0.3) is 5.91 Å². The van der Waals surface area contributed by atoms with Gasteiger partial charge in [0.1, 0.15) is 5.69 Å². The van der Waals surface area contributed by atoms with Crippen molar-refractivity contribution in [2.75, 3.05) is 6.54 Å². The third kappa shape index (κ3) is 3.61. The van der Waals surface area contributed by atoms with E-state index in [-0.39, 0.29) is 16.5 Å². The molecule has 1 aromatic rings. The van der Waals surface area contributed by atoms with Gasteiger partial charge in [-0.3, -0.25) is 4.79 Å². The number of sulfonamides is 1. The molecule has 20 heavy (non-hydrogen) atoms. The fourth-order valence-corrected chi connectivity index (χ4v) is 2.56. The minimum atomic E-state index is -3.77. The minimum absolute atomic E-state index is 0.0551. The van der Waals surface area contributed by atoms with Crippen molar-refractivity contribution in [3.05, 3.63) is 18.0 Å². The molecule has 1 aromatic heterocycles. The quantitative estimate of drug-likeness (QED) is 0.829. The van der Waals surface area contributed by atoms with E-state index in [2.05, 4.69) is 18.8 Å². The third-order valence-electron chi connectivity index (χ3n) is 3.41. The highest BCUT2D eigenvalue weighted by atomic mass is 32.2. The monoisotopic (exact) mass is 299 g/mol. The van der Waals surface area contributed by atoms with Crippen LogP contribution in [0.3, 0.4) is 0 Å². The van der Waals surface area contributed by atoms with Crippen LogP contribution in [0.4, 0.5) is 0 Å². The van der Waals surface area contributed by atoms with E-state index in [4.69, 9.17) is 5.14 Å². The predicted molar refractivity (Wildman–Crippen MR) is 75.7 cm³/mol. The molecular formula is C13H21N3O3S. The molecule has 0 spiro atoms. The molecule has 0 unspecified atom stereocenters. The Morgan fingerprint density at radius 2 is 2.15 bits per heavy atom. The van der Waals surface area contributed by atoms with Crippen molar-refractivity contribution in [3.8, 4) is 0 Å². The fraction of sp³-hybridized carbons (Fsp3) is 0.615. The van der Waals surface area contributed by atoms with Gasteiger partial charge < -0.3 is 9.88 Å². The van der Waals surface area contributed by atoms with Crippen LogP contribution in [-0.4, -0.2) is 36.8 Å². The van der Waals surface area contributed by atoms with Crippen LogP contribution < -0.4 is 5.14 Å². The van der Waals surface area contributed by atoms with E-state index in [1.54, 1.807) is 0 Å². The van der Waals surface area contributed by atoms with Crippen LogP contribution in [0.1, 0.15) is 43.6 Å². The normalized spacial score (nSPS) is 15.6. The first-order valence-corrected chi connectivity index (χ1v) is 8.36. The van der Waals surface area contributed by atoms with Crippen LogP contribution in [-0.2, 0) is 10.0 Å². The molecule has 1 aliphatic carbocycles. The Morgan fingerprint density at radius 3 is 2.60 bits per heavy atom. The second-order valence-corrected chi connectivity index (χ2v) is 7.27. The van der Waals surface area contributed by atoms with Crippen molar-refractivity contribution < 1.29 is 13.2 Å². The van der Waals surface area contributed by atoms with Gasteiger partial charge in [0.05, 0.1) is 4.90 Å². The van der Waals surface area contributed by atoms with Gasteiger partial charge in [0.2, 0.25) is 10.0 Å². The number of amides is 1. The van der Waals surface area contributed by atoms with Gasteiger partial charge in [-0.1, -0.05) is 13.8 Å². The summed E-state index contributed by atoms with van der Waals surface area (Å²) in [7, 11) is -3.77. The Morgan fingerprint density at radius 1 is 1.50 bits per heavy atom. The van der Waals surface area contributed by atoms with Gasteiger partial charge in [0.15, 0.2) is 0 Å². The van der Waals surface area contributed by atoms with Crippen molar-refractivity contribution >= 4 is 15.9 Å². The number of carbonyl (C=O) groups excluding carboxylic acids is 1. The van der Waals surface area contributed by atoms with E-state index in [9.17, 15) is 13.2 Å². The maximum absolute atomic E-state index is 12.4. The smallest absolute Gasteiger partial charge is 0.270 e. The molecule has 1 saturated carbocycles. The topological polar surface area (TPSA) is 96.3 Å². The molecule has 2 rings (SSSR count). The lowest BCUT2D eigenvalue weighted by molar-refractivity contribution is 0.0730. The zero-order valence-corrected chi connectivity index (χ0v) is 12.6. The lowest BCUT2D eigenvalue weighted by Crippen LogP contribution is -2.34. The number of nitrogens with one attached hydrogen (secondary N) is 1. The highest BCUT2D eigenvalue weighted by Gasteiger charge is 2.33. The van der Waals surface area contributed by atoms with Crippen molar-refractivity contribution in [1.82, 2.24) is 9.88 Å². The Balaban J connectivity index is 2.13. The molecule has 1 heterocycles. The maximum atomic E-state index is 12.4. The lowest BCUT2D eigenvalue weighted by atomic mass is 10.1. The lowest BCUT2D eigenvalue weighted by Gasteiger charge is -2.22. The molecule has 0 bridgehead atoms. The first-order chi connectivity index (χ1) is 9.29. The number of nitrogens with two attached hydrogens (primary N) is 1. The number of hydrogen-bond donors (Lipinski definition) is 2. The zero-order chi connectivity index (χ0) is 14.9. The van der Waals surface area contributed by atoms with E-state index >= 15 is 0 Å². The van der Waals surface area contributed by atoms with Gasteiger partial charge in [0, 0.05) is 18.8 Å². The summed E-state index contributed by atoms with van der Waals surface area (Å²) >= 11 is 0. The van der Waals surface area contributed by atoms with E-state index in [0.717, 1.165) is 19.3 Å². The van der Waals surface area contributed by atoms with E-state index < -0.39 is 10.0 Å². The highest BCUT2D eigenvalue weighted by Crippen LogP contribution is 2.29. The number of hydrogen-bond acceptors (Lipinski definition) is 3. The van der Waals surface area contributed by atoms with Crippen LogP contribution in [0.5, 0.6) is 0 Å². The summed E-state index contributed by atoms with van der Waals surface area (Å²) in [6.45, 7) is 4.93. The largest absolute Gasteiger partial charge is 0.356 e. The first kappa shape index (κ1) is 15.1. The second-order valence-electron chi connectivity index (χ2n) is 5.71. The average molecular weight is 299 g/mol. The summed E-state index contributed by atoms with van der Waals surface area (Å²) in [5, 5.41) is 5.04. The third-order valence-corrected chi connectivity index (χ3v) is 4.30. The highest BCUT2D eigenvalue weighted by molar-refractivity contribution is 7.89. The van der Waals surface area contributed by atoms with Crippen molar-refractivity contribution in [1.29, 1.82) is 0 Å². The molecule has 6 nitrogen and oxygen atoms in total. The SMILES string of the molecule is CC(C)CCN(C(=O)c1cc(S(N)(=O)=O)c[nH]1)C1CC1. The maximum Gasteiger partial charge on any atom is 0.270 e. The summed E-state index contributed by atoms with van der Waals surface area (Å²) in [4.78, 5) is 16.9. The molecule has 0 aromatic carbocycles. The number of rotatable bonds is 6. The average Bonchev–Trinajstić information content (AvgIpc) is 3.03. The van der Waals surface area contributed by atoms with Gasteiger partial charge >= 0.3 is 0 Å². The van der Waals surface area contributed by atoms with Crippen molar-refractivity contribution in [3.63, 3.8) is 0 Å². The van der Waals surface area contributed by atoms with Crippen LogP contribution in [0.15, 0.2) is 17.2 Å². The minimum Gasteiger partial charge on any atom is -0.356 e. The Hall–Kier alpha value is -1.34. The molecule has 1 amide bonds. The van der Waals surface area contributed by atoms with Crippen LogP contribution >= 0.6 is 0 Å². The number of primary sulfonamides is 1. The molecule has 3 N–H and O–H groups in total. The molecule has 0 radical (unpaired) electrons. The summed E-state index contributed by atoms with van der Waals surface area (Å²) in [5.74, 6) is 0.371. The molecule has 112 valence electrons. The molecule has 1 aliphatic rings. The van der Waals surface area contributed by atoms with Crippen molar-refractivity contribution in [2.45, 2.75) is 44.0 Å². The standard InChI is InChI=1S/C13H21N3O3S/c1-9(2)5-6-16(10-3-4-10)13(17)12-7-11(8-15-12)20(14,18)19/h7-10,15H,3-6H2,1-2H3,(H2,14,18,19). The summed E-state index contributed by atoms with van der Waals surface area (Å²) in [5.41, 5.74) is 0.282. The number of carbonyl (C=O) groups is 1. The molecular weight excluding hydrogens is 278 g/mol. The Labute approximate surface area is 119 Å². The van der Waals surface area contributed by atoms with Crippen molar-refractivity contribution in [2.24, 2.45) is 11.1 Å². The first-order valence-electron chi connectivity index (χ1n) is 6.81. The molecule has 0 atom stereocenters. The summed E-state index contributed by atoms with van der Waals surface area (Å²) < 4.78 is 22.5. The molecule has 0 aliphatic heterocycles. The molecule has 0 saturated heterocycles. The zero-order valence-electron chi connectivity index (χ0n) is 11.8. The van der Waals surface area contributed by atoms with E-state index in [1.807, 2.05) is 4.90 Å². The number of nitrogens with zero attached hydrogens (tertiary/aromatic N) is 1. The number of aromatic amines is 1. The molecule has 7 heteroatoms. The fourth-order valence-electron chi connectivity index (χ4n) is 2.05. The van der Waals surface area contributed by atoms with E-state index in [1.165, 1.54) is 12.3 Å². The Bertz CT molecular complexity index is 588. The van der Waals surface area contributed by atoms with E-state index in [0.29, 0.717) is 18.5 Å². The van der Waals surface area contributed by atoms with Gasteiger partial charge in [-0.15, -0.1) is 0 Å².